The van der Waals surface area contributed by atoms with E-state index in [0.717, 1.165) is 0 Å². The molecular weight excluding hydrogens is 223 g/mol. The molecule has 2 aromatic heterocycles. The van der Waals surface area contributed by atoms with Crippen molar-refractivity contribution in [1.29, 1.82) is 5.26 Å². The van der Waals surface area contributed by atoms with E-state index in [4.69, 9.17) is 28.5 Å². The lowest BCUT2D eigenvalue weighted by molar-refractivity contribution is 1.18. The van der Waals surface area contributed by atoms with Crippen molar-refractivity contribution in [1.82, 2.24) is 15.0 Å². The molecule has 4 nitrogen and oxygen atoms in total. The Morgan fingerprint density at radius 3 is 2.71 bits per heavy atom. The van der Waals surface area contributed by atoms with Gasteiger partial charge in [0.05, 0.1) is 10.9 Å². The highest BCUT2D eigenvalue weighted by molar-refractivity contribution is 6.34. The maximum Gasteiger partial charge on any atom is 0.165 e. The SMILES string of the molecule is N#Cc1cc2c(Cl)ncnc2nc1Cl. The fourth-order valence-corrected chi connectivity index (χ4v) is 1.37. The third-order valence-electron chi connectivity index (χ3n) is 1.65. The van der Waals surface area contributed by atoms with Crippen LogP contribution in [0.1, 0.15) is 5.56 Å². The predicted octanol–water partition coefficient (Wildman–Crippen LogP) is 2.20. The Balaban J connectivity index is 2.89. The van der Waals surface area contributed by atoms with Gasteiger partial charge in [-0.15, -0.1) is 0 Å². The van der Waals surface area contributed by atoms with Gasteiger partial charge in [0.25, 0.3) is 0 Å². The van der Waals surface area contributed by atoms with Crippen LogP contribution < -0.4 is 0 Å². The number of aromatic nitrogens is 3. The van der Waals surface area contributed by atoms with Crippen LogP contribution in [-0.2, 0) is 0 Å². The van der Waals surface area contributed by atoms with Crippen molar-refractivity contribution in [2.24, 2.45) is 0 Å². The molecule has 2 heterocycles. The molecule has 0 N–H and O–H groups in total. The van der Waals surface area contributed by atoms with E-state index in [9.17, 15) is 0 Å². The molecule has 68 valence electrons. The molecule has 0 atom stereocenters. The summed E-state index contributed by atoms with van der Waals surface area (Å²) in [6.07, 6.45) is 1.29. The molecule has 0 aliphatic heterocycles. The molecule has 0 radical (unpaired) electrons. The number of hydrogen-bond donors (Lipinski definition) is 0. The summed E-state index contributed by atoms with van der Waals surface area (Å²) in [6.45, 7) is 0. The van der Waals surface area contributed by atoms with E-state index < -0.39 is 0 Å². The van der Waals surface area contributed by atoms with Crippen molar-refractivity contribution in [2.45, 2.75) is 0 Å². The van der Waals surface area contributed by atoms with Gasteiger partial charge in [-0.05, 0) is 6.07 Å². The summed E-state index contributed by atoms with van der Waals surface area (Å²) in [6, 6.07) is 3.43. The van der Waals surface area contributed by atoms with Gasteiger partial charge in [0.2, 0.25) is 0 Å². The minimum Gasteiger partial charge on any atom is -0.224 e. The molecule has 0 aliphatic carbocycles. The van der Waals surface area contributed by atoms with Crippen LogP contribution in [0.3, 0.4) is 0 Å². The topological polar surface area (TPSA) is 62.5 Å². The normalized spacial score (nSPS) is 10.1. The number of halogens is 2. The molecular formula is C8H2Cl2N4. The van der Waals surface area contributed by atoms with Crippen LogP contribution in [0.15, 0.2) is 12.4 Å². The van der Waals surface area contributed by atoms with Crippen molar-refractivity contribution in [2.75, 3.05) is 0 Å². The summed E-state index contributed by atoms with van der Waals surface area (Å²) in [5.41, 5.74) is 0.643. The van der Waals surface area contributed by atoms with Crippen molar-refractivity contribution in [3.05, 3.63) is 28.3 Å². The van der Waals surface area contributed by atoms with Crippen LogP contribution in [0.4, 0.5) is 0 Å². The van der Waals surface area contributed by atoms with Gasteiger partial charge in [-0.25, -0.2) is 15.0 Å². The average Bonchev–Trinajstić information content (AvgIpc) is 2.17. The van der Waals surface area contributed by atoms with Gasteiger partial charge in [0.1, 0.15) is 22.7 Å². The molecule has 0 aromatic carbocycles. The Kier molecular flexibility index (Phi) is 2.20. The van der Waals surface area contributed by atoms with Gasteiger partial charge in [-0.3, -0.25) is 0 Å². The minimum absolute atomic E-state index is 0.120. The highest BCUT2D eigenvalue weighted by Crippen LogP contribution is 2.22. The molecule has 0 fully saturated rings. The van der Waals surface area contributed by atoms with E-state index in [1.54, 1.807) is 0 Å². The quantitative estimate of drug-likeness (QED) is 0.509. The number of hydrogen-bond acceptors (Lipinski definition) is 4. The predicted molar refractivity (Wildman–Crippen MR) is 52.1 cm³/mol. The van der Waals surface area contributed by atoms with Crippen molar-refractivity contribution in [3.63, 3.8) is 0 Å². The van der Waals surface area contributed by atoms with E-state index in [-0.39, 0.29) is 15.9 Å². The van der Waals surface area contributed by atoms with Gasteiger partial charge in [0, 0.05) is 0 Å². The molecule has 2 rings (SSSR count). The number of rotatable bonds is 0. The van der Waals surface area contributed by atoms with Crippen LogP contribution >= 0.6 is 23.2 Å². The summed E-state index contributed by atoms with van der Waals surface area (Å²) in [4.78, 5) is 11.6. The maximum absolute atomic E-state index is 8.71. The summed E-state index contributed by atoms with van der Waals surface area (Å²) in [5.74, 6) is 0. The van der Waals surface area contributed by atoms with Crippen LogP contribution in [0.25, 0.3) is 11.0 Å². The average molecular weight is 225 g/mol. The lowest BCUT2D eigenvalue weighted by atomic mass is 10.2. The van der Waals surface area contributed by atoms with E-state index in [1.807, 2.05) is 6.07 Å². The second kappa shape index (κ2) is 3.37. The highest BCUT2D eigenvalue weighted by atomic mass is 35.5. The third-order valence-corrected chi connectivity index (χ3v) is 2.24. The maximum atomic E-state index is 8.71. The molecule has 2 aromatic rings. The van der Waals surface area contributed by atoms with Crippen LogP contribution in [0, 0.1) is 11.3 Å². The van der Waals surface area contributed by atoms with E-state index >= 15 is 0 Å². The van der Waals surface area contributed by atoms with Gasteiger partial charge in [-0.2, -0.15) is 5.26 Å². The lowest BCUT2D eigenvalue weighted by Gasteiger charge is -1.99. The zero-order chi connectivity index (χ0) is 10.1. The van der Waals surface area contributed by atoms with Crippen molar-refractivity contribution < 1.29 is 0 Å². The van der Waals surface area contributed by atoms with Gasteiger partial charge >= 0.3 is 0 Å². The van der Waals surface area contributed by atoms with Crippen LogP contribution in [-0.4, -0.2) is 15.0 Å². The Labute approximate surface area is 89.1 Å². The largest absolute Gasteiger partial charge is 0.224 e. The van der Waals surface area contributed by atoms with Crippen molar-refractivity contribution in [3.8, 4) is 6.07 Å². The van der Waals surface area contributed by atoms with Gasteiger partial charge in [-0.1, -0.05) is 23.2 Å². The van der Waals surface area contributed by atoms with Gasteiger partial charge in [0.15, 0.2) is 5.65 Å². The van der Waals surface area contributed by atoms with E-state index in [0.29, 0.717) is 11.0 Å². The summed E-state index contributed by atoms with van der Waals surface area (Å²) >= 11 is 11.5. The first-order chi connectivity index (χ1) is 6.72. The molecule has 0 aliphatic rings. The third kappa shape index (κ3) is 1.37. The zero-order valence-corrected chi connectivity index (χ0v) is 8.21. The Morgan fingerprint density at radius 2 is 2.00 bits per heavy atom. The van der Waals surface area contributed by atoms with Crippen LogP contribution in [0.2, 0.25) is 10.3 Å². The first-order valence-corrected chi connectivity index (χ1v) is 4.35. The standard InChI is InChI=1S/C8H2Cl2N4/c9-6-4(2-11)1-5-7(10)12-3-13-8(5)14-6/h1,3H. The molecule has 0 spiro atoms. The molecule has 0 bridgehead atoms. The number of pyridine rings is 1. The summed E-state index contributed by atoms with van der Waals surface area (Å²) in [5, 5.41) is 9.61. The Morgan fingerprint density at radius 1 is 1.21 bits per heavy atom. The number of nitrogens with zero attached hydrogens (tertiary/aromatic N) is 4. The Hall–Kier alpha value is -1.44. The molecule has 0 saturated heterocycles. The fourth-order valence-electron chi connectivity index (χ4n) is 1.01. The molecule has 0 saturated carbocycles. The Bertz CT molecular complexity index is 547. The summed E-state index contributed by atoms with van der Waals surface area (Å²) < 4.78 is 0. The molecule has 0 unspecified atom stereocenters. The fraction of sp³-hybridized carbons (Fsp3) is 0. The van der Waals surface area contributed by atoms with Crippen LogP contribution in [0.5, 0.6) is 0 Å². The second-order valence-corrected chi connectivity index (χ2v) is 3.19. The van der Waals surface area contributed by atoms with E-state index in [1.165, 1.54) is 12.4 Å². The summed E-state index contributed by atoms with van der Waals surface area (Å²) in [7, 11) is 0. The second-order valence-electron chi connectivity index (χ2n) is 2.47. The monoisotopic (exact) mass is 224 g/mol. The molecule has 14 heavy (non-hydrogen) atoms. The lowest BCUT2D eigenvalue weighted by Crippen LogP contribution is -1.90. The molecule has 6 heteroatoms. The molecule has 0 amide bonds. The minimum atomic E-state index is 0.120. The number of fused-ring (bicyclic) bond motifs is 1. The van der Waals surface area contributed by atoms with E-state index in [2.05, 4.69) is 15.0 Å². The van der Waals surface area contributed by atoms with Crippen molar-refractivity contribution >= 4 is 34.2 Å². The van der Waals surface area contributed by atoms with Gasteiger partial charge < -0.3 is 0 Å². The first kappa shape index (κ1) is 9.13. The number of nitriles is 1. The zero-order valence-electron chi connectivity index (χ0n) is 6.70. The highest BCUT2D eigenvalue weighted by Gasteiger charge is 2.07. The smallest absolute Gasteiger partial charge is 0.165 e. The first-order valence-electron chi connectivity index (χ1n) is 3.59.